The predicted octanol–water partition coefficient (Wildman–Crippen LogP) is 8.83. The highest BCUT2D eigenvalue weighted by atomic mass is 35.5. The average Bonchev–Trinajstić information content (AvgIpc) is 3.48. The van der Waals surface area contributed by atoms with Crippen LogP contribution in [0.15, 0.2) is 29.6 Å². The number of alkyl halides is 3. The third-order valence-electron chi connectivity index (χ3n) is 5.51. The Kier molecular flexibility index (Phi) is 12.7. The Morgan fingerprint density at radius 2 is 1.88 bits per heavy atom. The van der Waals surface area contributed by atoms with E-state index in [9.17, 15) is 13.6 Å². The third-order valence-corrected chi connectivity index (χ3v) is 6.60. The van der Waals surface area contributed by atoms with Gasteiger partial charge in [-0.1, -0.05) is 79.7 Å². The second-order valence-electron chi connectivity index (χ2n) is 7.82. The van der Waals surface area contributed by atoms with E-state index < -0.39 is 11.1 Å². The van der Waals surface area contributed by atoms with Gasteiger partial charge in [-0.2, -0.15) is 13.9 Å². The summed E-state index contributed by atoms with van der Waals surface area (Å²) in [5.74, 6) is 1.86. The van der Waals surface area contributed by atoms with E-state index in [1.54, 1.807) is 12.1 Å². The maximum Gasteiger partial charge on any atom is 0.364 e. The summed E-state index contributed by atoms with van der Waals surface area (Å²) in [4.78, 5) is 15.7. The van der Waals surface area contributed by atoms with Gasteiger partial charge in [-0.15, -0.1) is 11.3 Å². The first-order valence-electron chi connectivity index (χ1n) is 11.7. The number of carbonyl (C=O) groups excluding carboxylic acids is 1. The third kappa shape index (κ3) is 8.78. The zero-order valence-electron chi connectivity index (χ0n) is 20.4. The lowest BCUT2D eigenvalue weighted by atomic mass is 9.89. The number of carbonyl (C=O) groups is 1. The molecule has 2 atom stereocenters. The van der Waals surface area contributed by atoms with Gasteiger partial charge in [0.25, 0.3) is 0 Å². The molecule has 3 heterocycles. The molecule has 0 bridgehead atoms. The van der Waals surface area contributed by atoms with E-state index in [0.29, 0.717) is 12.0 Å². The lowest BCUT2D eigenvalue weighted by Crippen LogP contribution is -2.12. The van der Waals surface area contributed by atoms with Gasteiger partial charge in [0.1, 0.15) is 11.4 Å². The first-order chi connectivity index (χ1) is 15.7. The van der Waals surface area contributed by atoms with Crippen molar-refractivity contribution in [3.05, 3.63) is 41.0 Å². The topological polar surface area (TPSA) is 47.3 Å². The number of thiophene rings is 1. The van der Waals surface area contributed by atoms with Crippen molar-refractivity contribution in [2.75, 3.05) is 0 Å². The minimum Gasteiger partial charge on any atom is -0.296 e. The molecule has 0 radical (unpaired) electrons. The highest BCUT2D eigenvalue weighted by molar-refractivity contribution is 7.13. The summed E-state index contributed by atoms with van der Waals surface area (Å²) in [5.41, 5.74) is -0.00263. The van der Waals surface area contributed by atoms with Gasteiger partial charge >= 0.3 is 5.38 Å². The number of fused-ring (bicyclic) bond motifs is 1. The Morgan fingerprint density at radius 3 is 2.39 bits per heavy atom. The smallest absolute Gasteiger partial charge is 0.296 e. The molecule has 0 N–H and O–H groups in total. The summed E-state index contributed by atoms with van der Waals surface area (Å²) in [7, 11) is 0. The number of aromatic nitrogens is 3. The first kappa shape index (κ1) is 29.2. The predicted molar refractivity (Wildman–Crippen MR) is 136 cm³/mol. The first-order valence-corrected chi connectivity index (χ1v) is 12.9. The van der Waals surface area contributed by atoms with Gasteiger partial charge in [0, 0.05) is 6.07 Å². The van der Waals surface area contributed by atoms with Crippen LogP contribution in [0.25, 0.3) is 16.2 Å². The Labute approximate surface area is 205 Å². The quantitative estimate of drug-likeness (QED) is 0.168. The molecule has 3 aromatic heterocycles. The fourth-order valence-corrected chi connectivity index (χ4v) is 4.03. The van der Waals surface area contributed by atoms with Crippen LogP contribution < -0.4 is 0 Å². The van der Waals surface area contributed by atoms with Gasteiger partial charge in [-0.25, -0.2) is 9.50 Å². The number of rotatable bonds is 9. The molecule has 33 heavy (non-hydrogen) atoms. The van der Waals surface area contributed by atoms with Crippen molar-refractivity contribution in [2.45, 2.75) is 79.0 Å². The Morgan fingerprint density at radius 1 is 1.18 bits per heavy atom. The number of unbranched alkanes of at least 4 members (excludes halogenated alkanes) is 2. The zero-order valence-corrected chi connectivity index (χ0v) is 22.0. The molecule has 3 rings (SSSR count). The highest BCUT2D eigenvalue weighted by Gasteiger charge is 2.33. The second-order valence-corrected chi connectivity index (χ2v) is 9.24. The summed E-state index contributed by atoms with van der Waals surface area (Å²) in [6.07, 6.45) is 7.45. The zero-order chi connectivity index (χ0) is 25.0. The average molecular weight is 500 g/mol. The van der Waals surface area contributed by atoms with Crippen LogP contribution in [-0.2, 0) is 5.38 Å². The Bertz CT molecular complexity index is 955. The molecular weight excluding hydrogens is 464 g/mol. The van der Waals surface area contributed by atoms with Crippen molar-refractivity contribution in [1.29, 1.82) is 0 Å². The molecule has 0 saturated heterocycles. The number of nitrogens with zero attached hydrogens (tertiary/aromatic N) is 3. The fraction of sp³-hybridized carbons (Fsp3) is 0.560. The van der Waals surface area contributed by atoms with E-state index in [1.807, 2.05) is 19.2 Å². The summed E-state index contributed by atoms with van der Waals surface area (Å²) in [5, 5.41) is 1.95. The van der Waals surface area contributed by atoms with Crippen LogP contribution in [0.5, 0.6) is 0 Å². The van der Waals surface area contributed by atoms with Crippen LogP contribution in [0.1, 0.15) is 89.8 Å². The molecule has 0 aliphatic rings. The normalized spacial score (nSPS) is 12.9. The van der Waals surface area contributed by atoms with Crippen LogP contribution in [0.2, 0.25) is 0 Å². The van der Waals surface area contributed by atoms with Crippen LogP contribution >= 0.6 is 22.9 Å². The van der Waals surface area contributed by atoms with Crippen molar-refractivity contribution in [3.8, 4) is 10.6 Å². The van der Waals surface area contributed by atoms with E-state index in [2.05, 4.69) is 37.8 Å². The molecule has 3 aromatic rings. The lowest BCUT2D eigenvalue weighted by molar-refractivity contribution is 0.0871. The minimum atomic E-state index is -3.61. The molecule has 8 heteroatoms. The number of hydrogen-bond donors (Lipinski definition) is 0. The largest absolute Gasteiger partial charge is 0.364 e. The summed E-state index contributed by atoms with van der Waals surface area (Å²) in [6, 6.07) is 6.05. The van der Waals surface area contributed by atoms with E-state index in [-0.39, 0.29) is 11.3 Å². The molecule has 0 spiro atoms. The van der Waals surface area contributed by atoms with Crippen LogP contribution in [-0.4, -0.2) is 20.9 Å². The van der Waals surface area contributed by atoms with E-state index in [4.69, 9.17) is 11.6 Å². The second kappa shape index (κ2) is 14.4. The van der Waals surface area contributed by atoms with E-state index in [1.165, 1.54) is 55.6 Å². The SMILES string of the molecule is CC.CCCCCC(C)C(C)CC.O=Cc1cc2nc(-c3cccs3)cc(C(F)(F)Cl)n2n1. The van der Waals surface area contributed by atoms with Gasteiger partial charge in [-0.05, 0) is 40.9 Å². The Hall–Kier alpha value is -1.86. The van der Waals surface area contributed by atoms with Crippen LogP contribution in [0.3, 0.4) is 0 Å². The van der Waals surface area contributed by atoms with Gasteiger partial charge in [-0.3, -0.25) is 4.79 Å². The molecule has 4 nitrogen and oxygen atoms in total. The van der Waals surface area contributed by atoms with Crippen molar-refractivity contribution >= 4 is 34.9 Å². The fourth-order valence-electron chi connectivity index (χ4n) is 3.21. The Balaban J connectivity index is 0.000000360. The molecular formula is C25H36ClF2N3OS. The van der Waals surface area contributed by atoms with Crippen molar-refractivity contribution in [3.63, 3.8) is 0 Å². The minimum absolute atomic E-state index is 0.0167. The van der Waals surface area contributed by atoms with Crippen molar-refractivity contribution < 1.29 is 13.6 Å². The maximum absolute atomic E-state index is 13.5. The van der Waals surface area contributed by atoms with Gasteiger partial charge in [0.05, 0.1) is 10.6 Å². The lowest BCUT2D eigenvalue weighted by Gasteiger charge is -2.17. The molecule has 0 amide bonds. The number of hydrogen-bond acceptors (Lipinski definition) is 4. The van der Waals surface area contributed by atoms with Crippen LogP contribution in [0.4, 0.5) is 8.78 Å². The number of halogens is 3. The van der Waals surface area contributed by atoms with E-state index in [0.717, 1.165) is 21.2 Å². The van der Waals surface area contributed by atoms with Crippen molar-refractivity contribution in [2.24, 2.45) is 11.8 Å². The van der Waals surface area contributed by atoms with Gasteiger partial charge < -0.3 is 0 Å². The summed E-state index contributed by atoms with van der Waals surface area (Å²) in [6.45, 7) is 13.3. The molecule has 0 fully saturated rings. The van der Waals surface area contributed by atoms with Crippen LogP contribution in [0, 0.1) is 11.8 Å². The summed E-state index contributed by atoms with van der Waals surface area (Å²) >= 11 is 6.48. The molecule has 0 aliphatic heterocycles. The molecule has 0 aromatic carbocycles. The van der Waals surface area contributed by atoms with E-state index >= 15 is 0 Å². The number of aldehydes is 1. The standard InChI is InChI=1S/C12H6ClF2N3OS.C11H24.C2H6/c13-12(14,15)10-5-8(9-2-1-3-20-9)16-11-4-7(6-19)17-18(10)11;1-5-7-8-9-11(4)10(3)6-2;1-2/h1-6H;10-11H,5-9H2,1-4H3;1-2H3. The van der Waals surface area contributed by atoms with Gasteiger partial charge in [0.2, 0.25) is 0 Å². The molecule has 0 saturated carbocycles. The molecule has 0 aliphatic carbocycles. The monoisotopic (exact) mass is 499 g/mol. The van der Waals surface area contributed by atoms with Gasteiger partial charge in [0.15, 0.2) is 11.9 Å². The summed E-state index contributed by atoms with van der Waals surface area (Å²) < 4.78 is 27.9. The molecule has 184 valence electrons. The molecule has 2 unspecified atom stereocenters. The highest BCUT2D eigenvalue weighted by Crippen LogP contribution is 2.35. The van der Waals surface area contributed by atoms with Crippen molar-refractivity contribution in [1.82, 2.24) is 14.6 Å². The maximum atomic E-state index is 13.5.